The van der Waals surface area contributed by atoms with E-state index in [2.05, 4.69) is 25.6 Å². The first-order valence-corrected chi connectivity index (χ1v) is 8.24. The first kappa shape index (κ1) is 15.2. The second-order valence-electron chi connectivity index (χ2n) is 4.48. The van der Waals surface area contributed by atoms with Gasteiger partial charge in [0.25, 0.3) is 0 Å². The lowest BCUT2D eigenvalue weighted by molar-refractivity contribution is -0.142. The molecular formula is C11H14BrN3O4S. The molecular weight excluding hydrogens is 350 g/mol. The van der Waals surface area contributed by atoms with Crippen molar-refractivity contribution < 1.29 is 18.3 Å². The minimum atomic E-state index is -3.80. The van der Waals surface area contributed by atoms with Gasteiger partial charge in [0.2, 0.25) is 0 Å². The Morgan fingerprint density at radius 3 is 2.95 bits per heavy atom. The zero-order valence-corrected chi connectivity index (χ0v) is 12.9. The molecule has 20 heavy (non-hydrogen) atoms. The topological polar surface area (TPSA) is 99.6 Å². The van der Waals surface area contributed by atoms with Crippen LogP contribution in [-0.4, -0.2) is 41.9 Å². The number of rotatable bonds is 4. The van der Waals surface area contributed by atoms with Crippen LogP contribution < -0.4 is 4.72 Å². The fraction of sp³-hybridized carbons (Fsp3) is 0.455. The standard InChI is InChI=1S/C11H14BrN3O4S/c12-9-4-1-5-13-10(9)14-20(18,19)15-6-2-3-8(7-15)11(16)17/h1,4-5,8H,2-3,6-7H2,(H,13,14)(H,16,17). The highest BCUT2D eigenvalue weighted by molar-refractivity contribution is 9.10. The zero-order valence-electron chi connectivity index (χ0n) is 10.5. The maximum Gasteiger partial charge on any atom is 0.307 e. The Hall–Kier alpha value is -1.19. The summed E-state index contributed by atoms with van der Waals surface area (Å²) in [7, 11) is -3.80. The molecule has 0 aliphatic carbocycles. The zero-order chi connectivity index (χ0) is 14.8. The summed E-state index contributed by atoms with van der Waals surface area (Å²) >= 11 is 3.21. The molecule has 1 fully saturated rings. The highest BCUT2D eigenvalue weighted by atomic mass is 79.9. The number of anilines is 1. The third-order valence-electron chi connectivity index (χ3n) is 3.06. The Bertz CT molecular complexity index is 607. The van der Waals surface area contributed by atoms with Crippen LogP contribution in [-0.2, 0) is 15.0 Å². The van der Waals surface area contributed by atoms with Gasteiger partial charge in [0.15, 0.2) is 5.82 Å². The maximum atomic E-state index is 12.2. The van der Waals surface area contributed by atoms with Gasteiger partial charge in [0.05, 0.1) is 10.4 Å². The number of nitrogens with one attached hydrogen (secondary N) is 1. The Morgan fingerprint density at radius 1 is 1.55 bits per heavy atom. The van der Waals surface area contributed by atoms with E-state index in [1.165, 1.54) is 6.20 Å². The van der Waals surface area contributed by atoms with Gasteiger partial charge in [0, 0.05) is 19.3 Å². The van der Waals surface area contributed by atoms with Gasteiger partial charge in [0.1, 0.15) is 0 Å². The van der Waals surface area contributed by atoms with E-state index >= 15 is 0 Å². The Labute approximate surface area is 125 Å². The Morgan fingerprint density at radius 2 is 2.30 bits per heavy atom. The minimum Gasteiger partial charge on any atom is -0.481 e. The molecule has 1 atom stereocenters. The number of aromatic nitrogens is 1. The lowest BCUT2D eigenvalue weighted by atomic mass is 10.0. The molecule has 0 saturated carbocycles. The van der Waals surface area contributed by atoms with Crippen LogP contribution in [0.5, 0.6) is 0 Å². The van der Waals surface area contributed by atoms with Crippen molar-refractivity contribution in [2.75, 3.05) is 17.8 Å². The summed E-state index contributed by atoms with van der Waals surface area (Å²) in [5.41, 5.74) is 0. The van der Waals surface area contributed by atoms with Crippen LogP contribution in [0.1, 0.15) is 12.8 Å². The van der Waals surface area contributed by atoms with Crippen LogP contribution in [0.2, 0.25) is 0 Å². The fourth-order valence-electron chi connectivity index (χ4n) is 2.01. The van der Waals surface area contributed by atoms with Crippen LogP contribution in [0.15, 0.2) is 22.8 Å². The highest BCUT2D eigenvalue weighted by Crippen LogP contribution is 2.23. The van der Waals surface area contributed by atoms with E-state index in [0.29, 0.717) is 23.9 Å². The molecule has 0 bridgehead atoms. The number of halogens is 1. The van der Waals surface area contributed by atoms with Crippen LogP contribution in [0.4, 0.5) is 5.82 Å². The van der Waals surface area contributed by atoms with Gasteiger partial charge in [-0.25, -0.2) is 4.98 Å². The van der Waals surface area contributed by atoms with E-state index in [4.69, 9.17) is 5.11 Å². The van der Waals surface area contributed by atoms with Gasteiger partial charge < -0.3 is 5.11 Å². The van der Waals surface area contributed by atoms with Crippen molar-refractivity contribution in [3.8, 4) is 0 Å². The summed E-state index contributed by atoms with van der Waals surface area (Å²) < 4.78 is 28.5. The molecule has 0 spiro atoms. The third-order valence-corrected chi connectivity index (χ3v) is 5.16. The summed E-state index contributed by atoms with van der Waals surface area (Å²) in [4.78, 5) is 14.9. The van der Waals surface area contributed by atoms with E-state index < -0.39 is 22.1 Å². The van der Waals surface area contributed by atoms with Crippen molar-refractivity contribution in [3.05, 3.63) is 22.8 Å². The minimum absolute atomic E-state index is 0.0187. The van der Waals surface area contributed by atoms with Gasteiger partial charge in [-0.3, -0.25) is 9.52 Å². The molecule has 1 aliphatic rings. The molecule has 0 aromatic carbocycles. The molecule has 2 heterocycles. The quantitative estimate of drug-likeness (QED) is 0.839. The summed E-state index contributed by atoms with van der Waals surface area (Å²) in [5.74, 6) is -1.44. The van der Waals surface area contributed by atoms with Crippen LogP contribution >= 0.6 is 15.9 Å². The molecule has 110 valence electrons. The van der Waals surface area contributed by atoms with Crippen molar-refractivity contribution in [1.82, 2.24) is 9.29 Å². The van der Waals surface area contributed by atoms with Crippen LogP contribution in [0.25, 0.3) is 0 Å². The molecule has 0 amide bonds. The van der Waals surface area contributed by atoms with E-state index in [1.807, 2.05) is 0 Å². The van der Waals surface area contributed by atoms with Crippen molar-refractivity contribution in [1.29, 1.82) is 0 Å². The summed E-state index contributed by atoms with van der Waals surface area (Å²) in [6, 6.07) is 3.34. The number of piperidine rings is 1. The monoisotopic (exact) mass is 363 g/mol. The van der Waals surface area contributed by atoms with Crippen molar-refractivity contribution in [2.24, 2.45) is 5.92 Å². The molecule has 1 unspecified atom stereocenters. The maximum absolute atomic E-state index is 12.2. The molecule has 7 nitrogen and oxygen atoms in total. The number of carbonyl (C=O) groups is 1. The second kappa shape index (κ2) is 6.06. The van der Waals surface area contributed by atoms with Crippen LogP contribution in [0.3, 0.4) is 0 Å². The predicted octanol–water partition coefficient (Wildman–Crippen LogP) is 1.30. The average Bonchev–Trinajstić information content (AvgIpc) is 2.41. The molecule has 2 N–H and O–H groups in total. The Balaban J connectivity index is 2.14. The summed E-state index contributed by atoms with van der Waals surface area (Å²) in [5, 5.41) is 8.99. The first-order chi connectivity index (χ1) is 9.40. The van der Waals surface area contributed by atoms with Crippen molar-refractivity contribution >= 4 is 37.9 Å². The molecule has 9 heteroatoms. The van der Waals surface area contributed by atoms with Gasteiger partial charge in [-0.05, 0) is 40.9 Å². The van der Waals surface area contributed by atoms with E-state index in [-0.39, 0.29) is 12.4 Å². The number of aliphatic carboxylic acids is 1. The largest absolute Gasteiger partial charge is 0.481 e. The van der Waals surface area contributed by atoms with E-state index in [1.54, 1.807) is 12.1 Å². The average molecular weight is 364 g/mol. The number of hydrogen-bond donors (Lipinski definition) is 2. The lowest BCUT2D eigenvalue weighted by Gasteiger charge is -2.29. The number of carboxylic acids is 1. The van der Waals surface area contributed by atoms with E-state index in [9.17, 15) is 13.2 Å². The first-order valence-electron chi connectivity index (χ1n) is 6.01. The molecule has 1 aromatic rings. The lowest BCUT2D eigenvalue weighted by Crippen LogP contribution is -2.44. The van der Waals surface area contributed by atoms with Crippen LogP contribution in [0, 0.1) is 5.92 Å². The van der Waals surface area contributed by atoms with Gasteiger partial charge >= 0.3 is 16.2 Å². The molecule has 1 aromatic heterocycles. The summed E-state index contributed by atoms with van der Waals surface area (Å²) in [6.45, 7) is 0.290. The molecule has 0 radical (unpaired) electrons. The number of hydrogen-bond acceptors (Lipinski definition) is 4. The fourth-order valence-corrected chi connectivity index (χ4v) is 3.78. The normalized spacial score (nSPS) is 20.6. The number of pyridine rings is 1. The smallest absolute Gasteiger partial charge is 0.307 e. The predicted molar refractivity (Wildman–Crippen MR) is 76.4 cm³/mol. The Kier molecular flexibility index (Phi) is 4.61. The number of carboxylic acid groups (broad SMARTS) is 1. The molecule has 1 aliphatic heterocycles. The molecule has 2 rings (SSSR count). The number of nitrogens with zero attached hydrogens (tertiary/aromatic N) is 2. The second-order valence-corrected chi connectivity index (χ2v) is 7.00. The van der Waals surface area contributed by atoms with Gasteiger partial charge in [-0.2, -0.15) is 12.7 Å². The van der Waals surface area contributed by atoms with Gasteiger partial charge in [-0.15, -0.1) is 0 Å². The van der Waals surface area contributed by atoms with E-state index in [0.717, 1.165) is 4.31 Å². The van der Waals surface area contributed by atoms with Gasteiger partial charge in [-0.1, -0.05) is 0 Å². The van der Waals surface area contributed by atoms with Crippen molar-refractivity contribution in [2.45, 2.75) is 12.8 Å². The third kappa shape index (κ3) is 3.47. The summed E-state index contributed by atoms with van der Waals surface area (Å²) in [6.07, 6.45) is 2.49. The molecule has 1 saturated heterocycles. The highest BCUT2D eigenvalue weighted by Gasteiger charge is 2.32. The SMILES string of the molecule is O=C(O)C1CCCN(S(=O)(=O)Nc2ncccc2Br)C1. The van der Waals surface area contributed by atoms with Crippen molar-refractivity contribution in [3.63, 3.8) is 0 Å².